The predicted octanol–water partition coefficient (Wildman–Crippen LogP) is 0.387. The molecule has 1 unspecified atom stereocenters. The first-order valence-corrected chi connectivity index (χ1v) is 7.44. The van der Waals surface area contributed by atoms with Crippen LogP contribution in [0.4, 0.5) is 0 Å². The molecule has 0 aromatic carbocycles. The normalized spacial score (nSPS) is 29.4. The summed E-state index contributed by atoms with van der Waals surface area (Å²) in [5.41, 5.74) is 5.84. The Hall–Kier alpha value is -0.420. The molecule has 16 heavy (non-hydrogen) atoms. The monoisotopic (exact) mass is 246 g/mol. The minimum absolute atomic E-state index is 0.0629. The summed E-state index contributed by atoms with van der Waals surface area (Å²) in [4.78, 5) is 11.8. The fourth-order valence-electron chi connectivity index (χ4n) is 1.75. The van der Waals surface area contributed by atoms with Crippen molar-refractivity contribution in [3.63, 3.8) is 0 Å². The molecule has 1 fully saturated rings. The molecule has 1 aliphatic rings. The van der Waals surface area contributed by atoms with E-state index in [1.54, 1.807) is 0 Å². The third-order valence-corrected chi connectivity index (χ3v) is 4.68. The zero-order chi connectivity index (χ0) is 12.1. The predicted molar refractivity (Wildman–Crippen MR) is 66.5 cm³/mol. The molecule has 0 aromatic rings. The molecule has 0 bridgehead atoms. The van der Waals surface area contributed by atoms with Crippen molar-refractivity contribution in [2.24, 2.45) is 11.7 Å². The average molecular weight is 246 g/mol. The maximum Gasteiger partial charge on any atom is 0.237 e. The Kier molecular flexibility index (Phi) is 5.41. The average Bonchev–Trinajstić information content (AvgIpc) is 2.30. The molecule has 94 valence electrons. The molecule has 1 rings (SSSR count). The summed E-state index contributed by atoms with van der Waals surface area (Å²) in [5, 5.41) is 2.96. The van der Waals surface area contributed by atoms with Crippen LogP contribution in [0.15, 0.2) is 0 Å². The second kappa shape index (κ2) is 6.35. The largest absolute Gasteiger partial charge is 0.352 e. The van der Waals surface area contributed by atoms with Gasteiger partial charge in [0.1, 0.15) is 0 Å². The molecule has 5 heteroatoms. The van der Waals surface area contributed by atoms with Crippen LogP contribution in [0.25, 0.3) is 0 Å². The summed E-state index contributed by atoms with van der Waals surface area (Å²) in [6.07, 6.45) is 2.53. The zero-order valence-electron chi connectivity index (χ0n) is 10.1. The van der Waals surface area contributed by atoms with Crippen LogP contribution in [0, 0.1) is 5.92 Å². The highest BCUT2D eigenvalue weighted by Crippen LogP contribution is 2.11. The Balaban J connectivity index is 2.36. The Labute approximate surface area is 99.8 Å². The molecule has 1 aliphatic heterocycles. The van der Waals surface area contributed by atoms with Gasteiger partial charge in [-0.1, -0.05) is 20.3 Å². The number of hydrogen-bond acceptors (Lipinski definition) is 3. The Morgan fingerprint density at radius 3 is 2.56 bits per heavy atom. The van der Waals surface area contributed by atoms with Crippen molar-refractivity contribution in [2.45, 2.75) is 45.2 Å². The minimum Gasteiger partial charge on any atom is -0.352 e. The van der Waals surface area contributed by atoms with Crippen molar-refractivity contribution in [2.75, 3.05) is 11.5 Å². The SMILES string of the molecule is CCC(C)[C@H](N)C(=O)NC1CCS(=O)CC1. The van der Waals surface area contributed by atoms with E-state index in [2.05, 4.69) is 5.32 Å². The second-order valence-electron chi connectivity index (χ2n) is 4.54. The van der Waals surface area contributed by atoms with Gasteiger partial charge in [0.25, 0.3) is 0 Å². The first-order chi connectivity index (χ1) is 7.54. The maximum atomic E-state index is 11.8. The van der Waals surface area contributed by atoms with Gasteiger partial charge in [-0.2, -0.15) is 0 Å². The van der Waals surface area contributed by atoms with Crippen LogP contribution < -0.4 is 11.1 Å². The lowest BCUT2D eigenvalue weighted by Crippen LogP contribution is -2.49. The lowest BCUT2D eigenvalue weighted by molar-refractivity contribution is -0.124. The summed E-state index contributed by atoms with van der Waals surface area (Å²) < 4.78 is 11.2. The van der Waals surface area contributed by atoms with E-state index in [0.29, 0.717) is 11.5 Å². The molecular weight excluding hydrogens is 224 g/mol. The zero-order valence-corrected chi connectivity index (χ0v) is 10.9. The Morgan fingerprint density at radius 1 is 1.50 bits per heavy atom. The summed E-state index contributed by atoms with van der Waals surface area (Å²) in [5.74, 6) is 1.54. The van der Waals surface area contributed by atoms with Crippen molar-refractivity contribution in [1.82, 2.24) is 5.32 Å². The van der Waals surface area contributed by atoms with Crippen LogP contribution in [0.3, 0.4) is 0 Å². The molecule has 3 N–H and O–H groups in total. The molecule has 1 heterocycles. The van der Waals surface area contributed by atoms with Crippen LogP contribution in [0.5, 0.6) is 0 Å². The van der Waals surface area contributed by atoms with Crippen molar-refractivity contribution in [3.05, 3.63) is 0 Å². The van der Waals surface area contributed by atoms with E-state index >= 15 is 0 Å². The Bertz CT molecular complexity index is 261. The summed E-state index contributed by atoms with van der Waals surface area (Å²) in [6, 6.07) is -0.252. The molecular formula is C11H22N2O2S. The van der Waals surface area contributed by atoms with Gasteiger partial charge in [0.05, 0.1) is 6.04 Å². The first kappa shape index (κ1) is 13.6. The fraction of sp³-hybridized carbons (Fsp3) is 0.909. The number of amides is 1. The molecule has 1 saturated heterocycles. The number of nitrogens with two attached hydrogens (primary N) is 1. The summed E-state index contributed by atoms with van der Waals surface area (Å²) >= 11 is 0. The molecule has 1 amide bonds. The smallest absolute Gasteiger partial charge is 0.237 e. The quantitative estimate of drug-likeness (QED) is 0.753. The van der Waals surface area contributed by atoms with E-state index < -0.39 is 16.8 Å². The van der Waals surface area contributed by atoms with Gasteiger partial charge >= 0.3 is 0 Å². The van der Waals surface area contributed by atoms with E-state index in [4.69, 9.17) is 5.73 Å². The minimum atomic E-state index is -0.679. The maximum absolute atomic E-state index is 11.8. The molecule has 0 aliphatic carbocycles. The van der Waals surface area contributed by atoms with Gasteiger partial charge in [0.2, 0.25) is 5.91 Å². The number of hydrogen-bond donors (Lipinski definition) is 2. The van der Waals surface area contributed by atoms with Crippen molar-refractivity contribution in [3.8, 4) is 0 Å². The van der Waals surface area contributed by atoms with Crippen LogP contribution in [-0.2, 0) is 15.6 Å². The first-order valence-electron chi connectivity index (χ1n) is 5.95. The van der Waals surface area contributed by atoms with Gasteiger partial charge in [-0.25, -0.2) is 0 Å². The topological polar surface area (TPSA) is 72.2 Å². The van der Waals surface area contributed by atoms with Gasteiger partial charge in [0, 0.05) is 28.3 Å². The van der Waals surface area contributed by atoms with Gasteiger partial charge in [0.15, 0.2) is 0 Å². The van der Waals surface area contributed by atoms with Gasteiger partial charge in [-0.3, -0.25) is 9.00 Å². The summed E-state index contributed by atoms with van der Waals surface area (Å²) in [6.45, 7) is 4.02. The van der Waals surface area contributed by atoms with Gasteiger partial charge in [-0.15, -0.1) is 0 Å². The molecule has 0 radical (unpaired) electrons. The highest BCUT2D eigenvalue weighted by atomic mass is 32.2. The van der Waals surface area contributed by atoms with Gasteiger partial charge in [-0.05, 0) is 18.8 Å². The highest BCUT2D eigenvalue weighted by Gasteiger charge is 2.24. The third kappa shape index (κ3) is 3.87. The van der Waals surface area contributed by atoms with E-state index in [-0.39, 0.29) is 17.9 Å². The highest BCUT2D eigenvalue weighted by molar-refractivity contribution is 7.85. The van der Waals surface area contributed by atoms with Crippen LogP contribution in [0.1, 0.15) is 33.1 Å². The number of carbonyl (C=O) groups excluding carboxylic acids is 1. The Morgan fingerprint density at radius 2 is 2.06 bits per heavy atom. The molecule has 0 aromatic heterocycles. The van der Waals surface area contributed by atoms with Crippen LogP contribution >= 0.6 is 0 Å². The second-order valence-corrected chi connectivity index (χ2v) is 6.24. The van der Waals surface area contributed by atoms with E-state index in [1.807, 2.05) is 13.8 Å². The van der Waals surface area contributed by atoms with E-state index in [9.17, 15) is 9.00 Å². The lowest BCUT2D eigenvalue weighted by Gasteiger charge is -2.25. The molecule has 0 spiro atoms. The lowest BCUT2D eigenvalue weighted by atomic mass is 9.99. The molecule has 0 saturated carbocycles. The molecule has 2 atom stereocenters. The van der Waals surface area contributed by atoms with Gasteiger partial charge < -0.3 is 11.1 Å². The van der Waals surface area contributed by atoms with E-state index in [0.717, 1.165) is 19.3 Å². The number of rotatable bonds is 4. The van der Waals surface area contributed by atoms with Crippen molar-refractivity contribution >= 4 is 16.7 Å². The third-order valence-electron chi connectivity index (χ3n) is 3.29. The van der Waals surface area contributed by atoms with Crippen LogP contribution in [-0.4, -0.2) is 33.7 Å². The van der Waals surface area contributed by atoms with Crippen LogP contribution in [0.2, 0.25) is 0 Å². The number of nitrogens with one attached hydrogen (secondary N) is 1. The fourth-order valence-corrected chi connectivity index (χ4v) is 3.05. The number of carbonyl (C=O) groups is 1. The van der Waals surface area contributed by atoms with E-state index in [1.165, 1.54) is 0 Å². The summed E-state index contributed by atoms with van der Waals surface area (Å²) in [7, 11) is -0.679. The van der Waals surface area contributed by atoms with Crippen molar-refractivity contribution < 1.29 is 9.00 Å². The molecule has 4 nitrogen and oxygen atoms in total. The van der Waals surface area contributed by atoms with Crippen molar-refractivity contribution in [1.29, 1.82) is 0 Å². The standard InChI is InChI=1S/C11H22N2O2S/c1-3-8(2)10(12)11(14)13-9-4-6-16(15)7-5-9/h8-10H,3-7,12H2,1-2H3,(H,13,14)/t8?,9?,10-,16?/m0/s1.